The van der Waals surface area contributed by atoms with Gasteiger partial charge in [-0.1, -0.05) is 23.2 Å². The summed E-state index contributed by atoms with van der Waals surface area (Å²) in [6.07, 6.45) is 0. The molecule has 1 aromatic rings. The van der Waals surface area contributed by atoms with Gasteiger partial charge in [0.05, 0.1) is 5.02 Å². The Balaban J connectivity index is 0.00000144. The van der Waals surface area contributed by atoms with Crippen molar-refractivity contribution >= 4 is 29.2 Å². The van der Waals surface area contributed by atoms with Crippen LogP contribution < -0.4 is 4.74 Å². The maximum absolute atomic E-state index is 10.5. The molecule has 0 bridgehead atoms. The van der Waals surface area contributed by atoms with Crippen LogP contribution in [0.15, 0.2) is 18.2 Å². The third-order valence-corrected chi connectivity index (χ3v) is 1.68. The minimum Gasteiger partial charge on any atom is -0.425 e. The first-order valence-electron chi connectivity index (χ1n) is 3.23. The summed E-state index contributed by atoms with van der Waals surface area (Å²) in [6, 6.07) is 4.67. The predicted octanol–water partition coefficient (Wildman–Crippen LogP) is 2.92. The fourth-order valence-electron chi connectivity index (χ4n) is 0.713. The van der Waals surface area contributed by atoms with Crippen molar-refractivity contribution < 1.29 is 26.6 Å². The van der Waals surface area contributed by atoms with Crippen LogP contribution in [0.2, 0.25) is 10.0 Å². The Bertz CT molecular complexity index is 315. The van der Waals surface area contributed by atoms with Gasteiger partial charge in [0.1, 0.15) is 5.75 Å². The van der Waals surface area contributed by atoms with Crippen LogP contribution in [0.3, 0.4) is 0 Å². The molecule has 0 amide bonds. The van der Waals surface area contributed by atoms with Gasteiger partial charge < -0.3 is 4.74 Å². The van der Waals surface area contributed by atoms with Crippen LogP contribution in [-0.4, -0.2) is 5.97 Å². The van der Waals surface area contributed by atoms with Crippen LogP contribution in [0.25, 0.3) is 0 Å². The van der Waals surface area contributed by atoms with E-state index < -0.39 is 5.97 Å². The predicted molar refractivity (Wildman–Crippen MR) is 47.8 cm³/mol. The second-order valence-corrected chi connectivity index (χ2v) is 3.01. The van der Waals surface area contributed by atoms with E-state index in [1.807, 2.05) is 0 Å². The van der Waals surface area contributed by atoms with Crippen LogP contribution in [0.1, 0.15) is 6.92 Å². The number of carbonyl (C=O) groups is 1. The number of rotatable bonds is 1. The van der Waals surface area contributed by atoms with Gasteiger partial charge in [-0.25, -0.2) is 0 Å². The maximum atomic E-state index is 10.5. The van der Waals surface area contributed by atoms with Gasteiger partial charge in [0.15, 0.2) is 0 Å². The average molecular weight is 269 g/mol. The van der Waals surface area contributed by atoms with Crippen molar-refractivity contribution in [3.8, 4) is 5.75 Å². The van der Waals surface area contributed by atoms with Crippen LogP contribution in [0, 0.1) is 0 Å². The monoisotopic (exact) mass is 267 g/mol. The maximum Gasteiger partial charge on any atom is 0.308 e. The first kappa shape index (κ1) is 12.8. The minimum absolute atomic E-state index is 0. The average Bonchev–Trinajstić information content (AvgIpc) is 1.94. The normalized spacial score (nSPS) is 8.85. The molecule has 5 heteroatoms. The van der Waals surface area contributed by atoms with Crippen molar-refractivity contribution in [1.29, 1.82) is 0 Å². The van der Waals surface area contributed by atoms with Gasteiger partial charge in [-0.05, 0) is 18.2 Å². The summed E-state index contributed by atoms with van der Waals surface area (Å²) in [4.78, 5) is 10.5. The third-order valence-electron chi connectivity index (χ3n) is 1.15. The fourth-order valence-corrected chi connectivity index (χ4v) is 1.16. The molecule has 0 saturated heterocycles. The summed E-state index contributed by atoms with van der Waals surface area (Å²) < 4.78 is 4.77. The zero-order valence-corrected chi connectivity index (χ0v) is 9.06. The second-order valence-electron chi connectivity index (χ2n) is 2.17. The smallest absolute Gasteiger partial charge is 0.308 e. The standard InChI is InChI=1S/C8H6Cl2O2.Cu/c1-5(11)12-8-3-2-6(9)4-7(8)10;/h2-4H,1H3;. The van der Waals surface area contributed by atoms with E-state index in [1.54, 1.807) is 12.1 Å². The summed E-state index contributed by atoms with van der Waals surface area (Å²) in [5.74, 6) is -0.0761. The van der Waals surface area contributed by atoms with Crippen molar-refractivity contribution in [2.24, 2.45) is 0 Å². The molecular formula is C8H6Cl2CuO2. The summed E-state index contributed by atoms with van der Waals surface area (Å²) >= 11 is 11.3. The second kappa shape index (κ2) is 5.51. The molecule has 1 rings (SSSR count). The number of benzene rings is 1. The SMILES string of the molecule is CC(=O)Oc1ccc(Cl)cc1Cl.[Cu]. The van der Waals surface area contributed by atoms with E-state index in [4.69, 9.17) is 27.9 Å². The molecule has 0 aromatic heterocycles. The summed E-state index contributed by atoms with van der Waals surface area (Å²) in [5.41, 5.74) is 0. The first-order valence-corrected chi connectivity index (χ1v) is 3.98. The molecule has 0 heterocycles. The Labute approximate surface area is 96.6 Å². The first-order chi connectivity index (χ1) is 5.59. The van der Waals surface area contributed by atoms with Gasteiger partial charge in [0.25, 0.3) is 0 Å². The van der Waals surface area contributed by atoms with Crippen molar-refractivity contribution in [3.63, 3.8) is 0 Å². The van der Waals surface area contributed by atoms with Gasteiger partial charge in [-0.15, -0.1) is 0 Å². The molecule has 13 heavy (non-hydrogen) atoms. The molecule has 0 spiro atoms. The van der Waals surface area contributed by atoms with E-state index in [0.29, 0.717) is 15.8 Å². The van der Waals surface area contributed by atoms with Crippen LogP contribution in [0.4, 0.5) is 0 Å². The molecule has 0 aliphatic rings. The van der Waals surface area contributed by atoms with Crippen molar-refractivity contribution in [2.45, 2.75) is 6.92 Å². The van der Waals surface area contributed by atoms with Crippen molar-refractivity contribution in [1.82, 2.24) is 0 Å². The Morgan fingerprint density at radius 1 is 1.38 bits per heavy atom. The number of esters is 1. The summed E-state index contributed by atoms with van der Waals surface area (Å²) in [5, 5.41) is 0.841. The van der Waals surface area contributed by atoms with Crippen LogP contribution >= 0.6 is 23.2 Å². The molecule has 0 atom stereocenters. The number of ether oxygens (including phenoxy) is 1. The van der Waals surface area contributed by atoms with Crippen molar-refractivity contribution in [2.75, 3.05) is 0 Å². The summed E-state index contributed by atoms with van der Waals surface area (Å²) in [7, 11) is 0. The zero-order chi connectivity index (χ0) is 9.14. The van der Waals surface area contributed by atoms with Gasteiger partial charge >= 0.3 is 5.97 Å². The Morgan fingerprint density at radius 3 is 2.46 bits per heavy atom. The molecule has 0 aliphatic heterocycles. The van der Waals surface area contributed by atoms with Gasteiger partial charge in [0, 0.05) is 29.0 Å². The number of hydrogen-bond donors (Lipinski definition) is 0. The van der Waals surface area contributed by atoms with E-state index in [2.05, 4.69) is 0 Å². The molecule has 75 valence electrons. The number of hydrogen-bond acceptors (Lipinski definition) is 2. The molecule has 0 saturated carbocycles. The topological polar surface area (TPSA) is 26.3 Å². The quantitative estimate of drug-likeness (QED) is 0.445. The third kappa shape index (κ3) is 4.01. The van der Waals surface area contributed by atoms with Gasteiger partial charge in [-0.2, -0.15) is 0 Å². The number of halogens is 2. The molecule has 1 radical (unpaired) electrons. The number of carbonyl (C=O) groups excluding carboxylic acids is 1. The fraction of sp³-hybridized carbons (Fsp3) is 0.125. The van der Waals surface area contributed by atoms with E-state index in [1.165, 1.54) is 13.0 Å². The van der Waals surface area contributed by atoms with E-state index in [-0.39, 0.29) is 17.1 Å². The van der Waals surface area contributed by atoms with Crippen LogP contribution in [-0.2, 0) is 21.9 Å². The van der Waals surface area contributed by atoms with Crippen LogP contribution in [0.5, 0.6) is 5.75 Å². The molecule has 0 N–H and O–H groups in total. The van der Waals surface area contributed by atoms with E-state index in [9.17, 15) is 4.79 Å². The molecule has 1 aromatic carbocycles. The van der Waals surface area contributed by atoms with E-state index in [0.717, 1.165) is 0 Å². The Kier molecular flexibility index (Phi) is 5.42. The Hall–Kier alpha value is -0.211. The molecule has 0 unspecified atom stereocenters. The molecule has 2 nitrogen and oxygen atoms in total. The van der Waals surface area contributed by atoms with E-state index >= 15 is 0 Å². The minimum atomic E-state index is -0.403. The Morgan fingerprint density at radius 2 is 2.00 bits per heavy atom. The molecule has 0 fully saturated rings. The van der Waals surface area contributed by atoms with Crippen molar-refractivity contribution in [3.05, 3.63) is 28.2 Å². The van der Waals surface area contributed by atoms with Gasteiger partial charge in [0.2, 0.25) is 0 Å². The summed E-state index contributed by atoms with van der Waals surface area (Å²) in [6.45, 7) is 1.31. The van der Waals surface area contributed by atoms with Gasteiger partial charge in [-0.3, -0.25) is 4.79 Å². The largest absolute Gasteiger partial charge is 0.425 e. The zero-order valence-electron chi connectivity index (χ0n) is 6.61. The molecular weight excluding hydrogens is 263 g/mol. The molecule has 0 aliphatic carbocycles.